The van der Waals surface area contributed by atoms with Gasteiger partial charge in [0, 0.05) is 6.54 Å². The van der Waals surface area contributed by atoms with Crippen molar-refractivity contribution in [2.75, 3.05) is 6.54 Å². The first-order valence-corrected chi connectivity index (χ1v) is 8.22. The first kappa shape index (κ1) is 15.0. The van der Waals surface area contributed by atoms with E-state index in [-0.39, 0.29) is 6.04 Å². The van der Waals surface area contributed by atoms with E-state index in [2.05, 4.69) is 49.5 Å². The molecule has 1 fully saturated rings. The van der Waals surface area contributed by atoms with Gasteiger partial charge in [-0.2, -0.15) is 10.1 Å². The molecule has 0 unspecified atom stereocenters. The first-order valence-electron chi connectivity index (χ1n) is 8.22. The van der Waals surface area contributed by atoms with E-state index in [1.54, 1.807) is 0 Å². The normalized spacial score (nSPS) is 18.1. The summed E-state index contributed by atoms with van der Waals surface area (Å²) in [6, 6.07) is 14.4. The number of hydrogen-bond donors (Lipinski definition) is 0. The van der Waals surface area contributed by atoms with E-state index in [4.69, 9.17) is 4.52 Å². The Bertz CT molecular complexity index is 800. The second-order valence-corrected chi connectivity index (χ2v) is 6.13. The Hall–Kier alpha value is -2.60. The van der Waals surface area contributed by atoms with Crippen LogP contribution in [0, 0.1) is 6.92 Å². The molecule has 6 nitrogen and oxygen atoms in total. The largest absolute Gasteiger partial charge is 0.337 e. The van der Waals surface area contributed by atoms with Crippen molar-refractivity contribution < 1.29 is 4.52 Å². The van der Waals surface area contributed by atoms with Gasteiger partial charge in [-0.1, -0.05) is 35.5 Å². The lowest BCUT2D eigenvalue weighted by atomic mass is 10.2. The fourth-order valence-corrected chi connectivity index (χ4v) is 3.11. The average molecular weight is 321 g/mol. The zero-order valence-corrected chi connectivity index (χ0v) is 13.6. The van der Waals surface area contributed by atoms with Crippen molar-refractivity contribution in [3.05, 3.63) is 59.6 Å². The monoisotopic (exact) mass is 321 g/mol. The number of nitrogens with zero attached hydrogens (tertiary/aromatic N) is 5. The molecule has 2 aromatic heterocycles. The number of likely N-dealkylation sites (tertiary alicyclic amines) is 1. The van der Waals surface area contributed by atoms with Gasteiger partial charge in [0.15, 0.2) is 0 Å². The van der Waals surface area contributed by atoms with E-state index < -0.39 is 0 Å². The molecule has 0 N–H and O–H groups in total. The van der Waals surface area contributed by atoms with Gasteiger partial charge in [0.2, 0.25) is 11.7 Å². The van der Waals surface area contributed by atoms with Crippen LogP contribution in [0.2, 0.25) is 0 Å². The SMILES string of the molecule is Cc1ccc(-c2noc([C@@H]3CCCN3Cc3ccccc3)n2)nn1. The number of rotatable bonds is 4. The first-order chi connectivity index (χ1) is 11.8. The number of aryl methyl sites for hydroxylation is 1. The van der Waals surface area contributed by atoms with Gasteiger partial charge in [0.05, 0.1) is 11.7 Å². The van der Waals surface area contributed by atoms with E-state index in [9.17, 15) is 0 Å². The highest BCUT2D eigenvalue weighted by molar-refractivity contribution is 5.46. The van der Waals surface area contributed by atoms with E-state index in [0.717, 1.165) is 31.6 Å². The highest BCUT2D eigenvalue weighted by Crippen LogP contribution is 2.32. The van der Waals surface area contributed by atoms with Gasteiger partial charge in [-0.25, -0.2) is 0 Å². The highest BCUT2D eigenvalue weighted by atomic mass is 16.5. The molecular formula is C18H19N5O. The molecule has 3 heterocycles. The minimum absolute atomic E-state index is 0.171. The van der Waals surface area contributed by atoms with Gasteiger partial charge in [-0.05, 0) is 44.0 Å². The molecule has 6 heteroatoms. The second-order valence-electron chi connectivity index (χ2n) is 6.13. The zero-order valence-electron chi connectivity index (χ0n) is 13.6. The summed E-state index contributed by atoms with van der Waals surface area (Å²) in [6.07, 6.45) is 2.17. The summed E-state index contributed by atoms with van der Waals surface area (Å²) in [4.78, 5) is 6.96. The molecular weight excluding hydrogens is 302 g/mol. The highest BCUT2D eigenvalue weighted by Gasteiger charge is 2.30. The topological polar surface area (TPSA) is 67.9 Å². The van der Waals surface area contributed by atoms with Crippen LogP contribution in [0.25, 0.3) is 11.5 Å². The van der Waals surface area contributed by atoms with Crippen molar-refractivity contribution in [3.63, 3.8) is 0 Å². The summed E-state index contributed by atoms with van der Waals surface area (Å²) < 4.78 is 5.53. The zero-order chi connectivity index (χ0) is 16.4. The lowest BCUT2D eigenvalue weighted by Gasteiger charge is -2.21. The lowest BCUT2D eigenvalue weighted by Crippen LogP contribution is -2.22. The minimum Gasteiger partial charge on any atom is -0.337 e. The second kappa shape index (κ2) is 6.49. The molecule has 1 aliphatic rings. The van der Waals surface area contributed by atoms with Crippen LogP contribution in [0.3, 0.4) is 0 Å². The van der Waals surface area contributed by atoms with Crippen LogP contribution in [0.15, 0.2) is 47.0 Å². The smallest absolute Gasteiger partial charge is 0.244 e. The molecule has 1 atom stereocenters. The quantitative estimate of drug-likeness (QED) is 0.735. The number of benzene rings is 1. The van der Waals surface area contributed by atoms with Crippen molar-refractivity contribution in [2.45, 2.75) is 32.4 Å². The van der Waals surface area contributed by atoms with Crippen LogP contribution in [-0.2, 0) is 6.54 Å². The average Bonchev–Trinajstić information content (AvgIpc) is 3.25. The summed E-state index contributed by atoms with van der Waals surface area (Å²) in [5.74, 6) is 1.17. The number of aromatic nitrogens is 4. The van der Waals surface area contributed by atoms with Crippen molar-refractivity contribution in [3.8, 4) is 11.5 Å². The van der Waals surface area contributed by atoms with Crippen LogP contribution >= 0.6 is 0 Å². The molecule has 0 saturated carbocycles. The summed E-state index contributed by atoms with van der Waals surface area (Å²) in [5, 5.41) is 12.3. The lowest BCUT2D eigenvalue weighted by molar-refractivity contribution is 0.201. The molecule has 0 bridgehead atoms. The standard InChI is InChI=1S/C18H19N5O/c1-13-9-10-15(21-20-13)17-19-18(24-22-17)16-8-5-11-23(16)12-14-6-3-2-4-7-14/h2-4,6-7,9-10,16H,5,8,11-12H2,1H3/t16-/m0/s1. The third kappa shape index (κ3) is 3.05. The minimum atomic E-state index is 0.171. The van der Waals surface area contributed by atoms with Gasteiger partial charge in [-0.3, -0.25) is 4.90 Å². The summed E-state index contributed by atoms with van der Waals surface area (Å²) >= 11 is 0. The molecule has 0 amide bonds. The van der Waals surface area contributed by atoms with Gasteiger partial charge in [-0.15, -0.1) is 5.10 Å². The maximum Gasteiger partial charge on any atom is 0.244 e. The Labute approximate surface area is 140 Å². The summed E-state index contributed by atoms with van der Waals surface area (Å²) in [7, 11) is 0. The molecule has 4 rings (SSSR count). The van der Waals surface area contributed by atoms with E-state index in [0.29, 0.717) is 17.4 Å². The predicted molar refractivity (Wildman–Crippen MR) is 88.9 cm³/mol. The van der Waals surface area contributed by atoms with Crippen LogP contribution < -0.4 is 0 Å². The molecule has 0 aliphatic carbocycles. The molecule has 3 aromatic rings. The molecule has 0 spiro atoms. The van der Waals surface area contributed by atoms with Gasteiger partial charge >= 0.3 is 0 Å². The van der Waals surface area contributed by atoms with Crippen LogP contribution in [-0.4, -0.2) is 31.8 Å². The van der Waals surface area contributed by atoms with Crippen molar-refractivity contribution in [1.82, 2.24) is 25.2 Å². The fourth-order valence-electron chi connectivity index (χ4n) is 3.11. The summed E-state index contributed by atoms with van der Waals surface area (Å²) in [6.45, 7) is 3.84. The maximum atomic E-state index is 5.53. The van der Waals surface area contributed by atoms with Crippen molar-refractivity contribution in [2.24, 2.45) is 0 Å². The fraction of sp³-hybridized carbons (Fsp3) is 0.333. The van der Waals surface area contributed by atoms with E-state index >= 15 is 0 Å². The van der Waals surface area contributed by atoms with Gasteiger partial charge in [0.1, 0.15) is 5.69 Å². The number of hydrogen-bond acceptors (Lipinski definition) is 6. The molecule has 1 saturated heterocycles. The molecule has 24 heavy (non-hydrogen) atoms. The maximum absolute atomic E-state index is 5.53. The summed E-state index contributed by atoms with van der Waals surface area (Å²) in [5.41, 5.74) is 2.81. The Morgan fingerprint density at radius 3 is 2.79 bits per heavy atom. The van der Waals surface area contributed by atoms with Crippen molar-refractivity contribution >= 4 is 0 Å². The van der Waals surface area contributed by atoms with Gasteiger partial charge in [0.25, 0.3) is 0 Å². The van der Waals surface area contributed by atoms with Crippen LogP contribution in [0.4, 0.5) is 0 Å². The molecule has 1 aliphatic heterocycles. The third-order valence-electron chi connectivity index (χ3n) is 4.35. The Morgan fingerprint density at radius 2 is 2.00 bits per heavy atom. The third-order valence-corrected chi connectivity index (χ3v) is 4.35. The van der Waals surface area contributed by atoms with E-state index in [1.807, 2.05) is 25.1 Å². The Kier molecular flexibility index (Phi) is 4.04. The Balaban J connectivity index is 1.53. The van der Waals surface area contributed by atoms with Gasteiger partial charge < -0.3 is 4.52 Å². The van der Waals surface area contributed by atoms with E-state index in [1.165, 1.54) is 5.56 Å². The molecule has 1 aromatic carbocycles. The van der Waals surface area contributed by atoms with Crippen LogP contribution in [0.5, 0.6) is 0 Å². The van der Waals surface area contributed by atoms with Crippen molar-refractivity contribution in [1.29, 1.82) is 0 Å². The Morgan fingerprint density at radius 1 is 1.12 bits per heavy atom. The molecule has 122 valence electrons. The predicted octanol–water partition coefficient (Wildman–Crippen LogP) is 3.17. The van der Waals surface area contributed by atoms with Crippen LogP contribution in [0.1, 0.15) is 36.0 Å². The molecule has 0 radical (unpaired) electrons.